The summed E-state index contributed by atoms with van der Waals surface area (Å²) in [4.78, 5) is 23.2. The van der Waals surface area contributed by atoms with Gasteiger partial charge in [-0.1, -0.05) is 18.2 Å². The number of aromatic nitrogens is 2. The average Bonchev–Trinajstić information content (AvgIpc) is 3.06. The van der Waals surface area contributed by atoms with Gasteiger partial charge >= 0.3 is 0 Å². The van der Waals surface area contributed by atoms with Crippen molar-refractivity contribution < 1.29 is 9.53 Å². The van der Waals surface area contributed by atoms with Crippen molar-refractivity contribution in [3.63, 3.8) is 0 Å². The molecule has 4 rings (SSSR count). The van der Waals surface area contributed by atoms with Gasteiger partial charge in [0.25, 0.3) is 5.91 Å². The summed E-state index contributed by atoms with van der Waals surface area (Å²) < 4.78 is 6.10. The van der Waals surface area contributed by atoms with Gasteiger partial charge in [0.15, 0.2) is 0 Å². The third kappa shape index (κ3) is 3.54. The molecule has 2 fully saturated rings. The lowest BCUT2D eigenvalue weighted by molar-refractivity contribution is -0.117. The molecule has 1 atom stereocenters. The maximum absolute atomic E-state index is 12.8. The van der Waals surface area contributed by atoms with Crippen LogP contribution in [0.1, 0.15) is 34.3 Å². The molecule has 0 bridgehead atoms. The van der Waals surface area contributed by atoms with Crippen LogP contribution in [0, 0.1) is 19.8 Å². The van der Waals surface area contributed by atoms with E-state index < -0.39 is 0 Å². The minimum absolute atomic E-state index is 0.110. The van der Waals surface area contributed by atoms with Crippen molar-refractivity contribution in [1.29, 1.82) is 0 Å². The van der Waals surface area contributed by atoms with Crippen LogP contribution in [0.3, 0.4) is 0 Å². The molecule has 2 aliphatic heterocycles. The van der Waals surface area contributed by atoms with Crippen molar-refractivity contribution in [2.24, 2.45) is 5.92 Å². The monoisotopic (exact) mass is 366 g/mol. The molecule has 0 aliphatic carbocycles. The van der Waals surface area contributed by atoms with Crippen molar-refractivity contribution in [1.82, 2.24) is 14.9 Å². The van der Waals surface area contributed by atoms with Gasteiger partial charge in [0.2, 0.25) is 5.95 Å². The molecule has 6 heteroatoms. The fourth-order valence-electron chi connectivity index (χ4n) is 4.11. The van der Waals surface area contributed by atoms with Crippen LogP contribution in [-0.2, 0) is 4.74 Å². The number of anilines is 1. The SMILES string of the molecule is Cc1cnc(NCC[C@H]2CCOC23CN(C(=O)c2ccccc2C)C3)nc1. The topological polar surface area (TPSA) is 67.4 Å². The van der Waals surface area contributed by atoms with Crippen molar-refractivity contribution in [2.75, 3.05) is 31.6 Å². The van der Waals surface area contributed by atoms with Crippen LogP contribution in [-0.4, -0.2) is 52.6 Å². The zero-order chi connectivity index (χ0) is 18.9. The quantitative estimate of drug-likeness (QED) is 0.881. The largest absolute Gasteiger partial charge is 0.371 e. The molecule has 0 saturated carbocycles. The Bertz CT molecular complexity index is 815. The summed E-state index contributed by atoms with van der Waals surface area (Å²) in [6.45, 7) is 6.92. The van der Waals surface area contributed by atoms with E-state index in [0.717, 1.165) is 42.7 Å². The van der Waals surface area contributed by atoms with Crippen LogP contribution in [0.2, 0.25) is 0 Å². The van der Waals surface area contributed by atoms with Gasteiger partial charge in [0.1, 0.15) is 5.60 Å². The molecule has 1 aromatic heterocycles. The Hall–Kier alpha value is -2.47. The minimum Gasteiger partial charge on any atom is -0.371 e. The number of likely N-dealkylation sites (tertiary alicyclic amines) is 1. The maximum Gasteiger partial charge on any atom is 0.254 e. The third-order valence-corrected chi connectivity index (χ3v) is 5.74. The third-order valence-electron chi connectivity index (χ3n) is 5.74. The van der Waals surface area contributed by atoms with Gasteiger partial charge in [0, 0.05) is 31.1 Å². The van der Waals surface area contributed by atoms with E-state index in [4.69, 9.17) is 4.74 Å². The number of rotatable bonds is 5. The van der Waals surface area contributed by atoms with E-state index in [1.165, 1.54) is 0 Å². The first-order valence-corrected chi connectivity index (χ1v) is 9.59. The molecule has 27 heavy (non-hydrogen) atoms. The number of hydrogen-bond donors (Lipinski definition) is 1. The van der Waals surface area contributed by atoms with E-state index in [2.05, 4.69) is 15.3 Å². The Morgan fingerprint density at radius 3 is 2.74 bits per heavy atom. The standard InChI is InChI=1S/C21H26N4O2/c1-15-11-23-20(24-12-15)22-9-7-17-8-10-27-21(17)13-25(14-21)19(26)18-6-4-3-5-16(18)2/h3-6,11-12,17H,7-10,13-14H2,1-2H3,(H,22,23,24)/t17-/m0/s1. The molecule has 1 spiro atoms. The number of ether oxygens (including phenoxy) is 1. The van der Waals surface area contributed by atoms with Crippen LogP contribution in [0.15, 0.2) is 36.7 Å². The molecule has 142 valence electrons. The highest BCUT2D eigenvalue weighted by atomic mass is 16.5. The number of benzene rings is 1. The van der Waals surface area contributed by atoms with E-state index in [-0.39, 0.29) is 11.5 Å². The number of amides is 1. The molecule has 2 aromatic rings. The Balaban J connectivity index is 1.32. The van der Waals surface area contributed by atoms with Gasteiger partial charge in [-0.2, -0.15) is 0 Å². The van der Waals surface area contributed by atoms with Gasteiger partial charge in [-0.3, -0.25) is 4.79 Å². The van der Waals surface area contributed by atoms with Crippen molar-refractivity contribution in [3.8, 4) is 0 Å². The second-order valence-corrected chi connectivity index (χ2v) is 7.67. The first-order valence-electron chi connectivity index (χ1n) is 9.59. The Morgan fingerprint density at radius 1 is 1.26 bits per heavy atom. The van der Waals surface area contributed by atoms with E-state index in [0.29, 0.717) is 25.0 Å². The number of carbonyl (C=O) groups excluding carboxylic acids is 1. The second-order valence-electron chi connectivity index (χ2n) is 7.67. The molecular weight excluding hydrogens is 340 g/mol. The van der Waals surface area contributed by atoms with Gasteiger partial charge in [0.05, 0.1) is 13.1 Å². The molecule has 1 N–H and O–H groups in total. The fraction of sp³-hybridized carbons (Fsp3) is 0.476. The van der Waals surface area contributed by atoms with Gasteiger partial charge < -0.3 is 15.0 Å². The fourth-order valence-corrected chi connectivity index (χ4v) is 4.11. The molecule has 1 amide bonds. The molecule has 1 aromatic carbocycles. The highest BCUT2D eigenvalue weighted by Crippen LogP contribution is 2.42. The molecular formula is C21H26N4O2. The summed E-state index contributed by atoms with van der Waals surface area (Å²) >= 11 is 0. The summed E-state index contributed by atoms with van der Waals surface area (Å²) in [7, 11) is 0. The lowest BCUT2D eigenvalue weighted by atomic mass is 9.78. The Labute approximate surface area is 160 Å². The zero-order valence-electron chi connectivity index (χ0n) is 15.9. The summed E-state index contributed by atoms with van der Waals surface area (Å²) in [6.07, 6.45) is 5.67. The smallest absolute Gasteiger partial charge is 0.254 e. The van der Waals surface area contributed by atoms with Crippen LogP contribution in [0.4, 0.5) is 5.95 Å². The van der Waals surface area contributed by atoms with Crippen molar-refractivity contribution >= 4 is 11.9 Å². The summed E-state index contributed by atoms with van der Waals surface area (Å²) in [6, 6.07) is 7.77. The lowest BCUT2D eigenvalue weighted by Crippen LogP contribution is -2.66. The number of nitrogens with zero attached hydrogens (tertiary/aromatic N) is 3. The van der Waals surface area contributed by atoms with Crippen molar-refractivity contribution in [3.05, 3.63) is 53.3 Å². The van der Waals surface area contributed by atoms with Gasteiger partial charge in [-0.15, -0.1) is 0 Å². The number of aryl methyl sites for hydroxylation is 2. The summed E-state index contributed by atoms with van der Waals surface area (Å²) in [5.74, 6) is 1.23. The maximum atomic E-state index is 12.8. The highest BCUT2D eigenvalue weighted by molar-refractivity contribution is 5.96. The van der Waals surface area contributed by atoms with E-state index in [1.54, 1.807) is 0 Å². The number of carbonyl (C=O) groups is 1. The first-order chi connectivity index (χ1) is 13.1. The van der Waals surface area contributed by atoms with Crippen molar-refractivity contribution in [2.45, 2.75) is 32.3 Å². The average molecular weight is 366 g/mol. The molecule has 2 aliphatic rings. The van der Waals surface area contributed by atoms with Crippen LogP contribution in [0.25, 0.3) is 0 Å². The van der Waals surface area contributed by atoms with Gasteiger partial charge in [-0.25, -0.2) is 9.97 Å². The minimum atomic E-state index is -0.172. The van der Waals surface area contributed by atoms with Crippen LogP contribution in [0.5, 0.6) is 0 Å². The second kappa shape index (κ2) is 7.27. The highest BCUT2D eigenvalue weighted by Gasteiger charge is 2.54. The molecule has 3 heterocycles. The lowest BCUT2D eigenvalue weighted by Gasteiger charge is -2.50. The molecule has 2 saturated heterocycles. The van der Waals surface area contributed by atoms with E-state index in [9.17, 15) is 4.79 Å². The summed E-state index contributed by atoms with van der Waals surface area (Å²) in [5, 5.41) is 3.29. The first kappa shape index (κ1) is 17.9. The van der Waals surface area contributed by atoms with Crippen LogP contribution < -0.4 is 5.32 Å². The number of hydrogen-bond acceptors (Lipinski definition) is 5. The van der Waals surface area contributed by atoms with Gasteiger partial charge in [-0.05, 0) is 49.8 Å². The predicted molar refractivity (Wildman–Crippen MR) is 104 cm³/mol. The zero-order valence-corrected chi connectivity index (χ0v) is 15.9. The Morgan fingerprint density at radius 2 is 2.00 bits per heavy atom. The molecule has 0 unspecified atom stereocenters. The molecule has 6 nitrogen and oxygen atoms in total. The van der Waals surface area contributed by atoms with E-state index in [1.807, 2.05) is 55.4 Å². The van der Waals surface area contributed by atoms with E-state index >= 15 is 0 Å². The summed E-state index contributed by atoms with van der Waals surface area (Å²) in [5.41, 5.74) is 2.69. The predicted octanol–water partition coefficient (Wildman–Crippen LogP) is 2.83. The number of nitrogens with one attached hydrogen (secondary N) is 1. The molecule has 0 radical (unpaired) electrons. The van der Waals surface area contributed by atoms with Crippen LogP contribution >= 0.6 is 0 Å². The normalized spacial score (nSPS) is 20.5. The Kier molecular flexibility index (Phi) is 4.83.